The zero-order chi connectivity index (χ0) is 18.3. The monoisotopic (exact) mass is 373 g/mol. The van der Waals surface area contributed by atoms with E-state index >= 15 is 0 Å². The minimum absolute atomic E-state index is 0.0120. The second-order valence-corrected chi connectivity index (χ2v) is 7.89. The number of hydrogen-bond donors (Lipinski definition) is 2. The summed E-state index contributed by atoms with van der Waals surface area (Å²) in [6.07, 6.45) is 3.37. The molecule has 6 nitrogen and oxygen atoms in total. The highest BCUT2D eigenvalue weighted by Gasteiger charge is 2.49. The summed E-state index contributed by atoms with van der Waals surface area (Å²) < 4.78 is 10.6. The predicted octanol–water partition coefficient (Wildman–Crippen LogP) is 3.14. The van der Waals surface area contributed by atoms with Crippen molar-refractivity contribution in [2.24, 2.45) is 23.5 Å². The SMILES string of the molecule is COc1ccc(-c2csc(NC(=O)C3C4CCC(C4)C3N)n2)cc1OC. The number of amides is 1. The first-order valence-corrected chi connectivity index (χ1v) is 9.73. The van der Waals surface area contributed by atoms with E-state index in [1.165, 1.54) is 11.3 Å². The van der Waals surface area contributed by atoms with Gasteiger partial charge >= 0.3 is 0 Å². The van der Waals surface area contributed by atoms with Crippen molar-refractivity contribution >= 4 is 22.4 Å². The summed E-state index contributed by atoms with van der Waals surface area (Å²) >= 11 is 1.42. The van der Waals surface area contributed by atoms with E-state index in [-0.39, 0.29) is 17.9 Å². The van der Waals surface area contributed by atoms with Gasteiger partial charge in [0.15, 0.2) is 16.6 Å². The number of hydrogen-bond acceptors (Lipinski definition) is 6. The van der Waals surface area contributed by atoms with Crippen LogP contribution in [0.15, 0.2) is 23.6 Å². The molecule has 7 heteroatoms. The molecular weight excluding hydrogens is 350 g/mol. The van der Waals surface area contributed by atoms with E-state index in [0.717, 1.165) is 30.5 Å². The Kier molecular flexibility index (Phi) is 4.58. The molecule has 3 N–H and O–H groups in total. The van der Waals surface area contributed by atoms with Crippen molar-refractivity contribution in [1.82, 2.24) is 4.98 Å². The zero-order valence-corrected chi connectivity index (χ0v) is 15.7. The Morgan fingerprint density at radius 3 is 2.69 bits per heavy atom. The van der Waals surface area contributed by atoms with Gasteiger partial charge in [0, 0.05) is 17.0 Å². The number of rotatable bonds is 5. The van der Waals surface area contributed by atoms with Crippen LogP contribution in [0.1, 0.15) is 19.3 Å². The Morgan fingerprint density at radius 1 is 1.23 bits per heavy atom. The van der Waals surface area contributed by atoms with Crippen LogP contribution in [0.4, 0.5) is 5.13 Å². The molecular formula is C19H23N3O3S. The van der Waals surface area contributed by atoms with Gasteiger partial charge in [0.05, 0.1) is 25.8 Å². The number of nitrogens with two attached hydrogens (primary N) is 1. The molecule has 0 spiro atoms. The van der Waals surface area contributed by atoms with Gasteiger partial charge in [0.25, 0.3) is 0 Å². The van der Waals surface area contributed by atoms with Crippen molar-refractivity contribution < 1.29 is 14.3 Å². The molecule has 2 bridgehead atoms. The van der Waals surface area contributed by atoms with E-state index in [1.54, 1.807) is 14.2 Å². The molecule has 2 aromatic rings. The van der Waals surface area contributed by atoms with E-state index in [0.29, 0.717) is 28.5 Å². The quantitative estimate of drug-likeness (QED) is 0.841. The molecule has 0 saturated heterocycles. The first-order chi connectivity index (χ1) is 12.6. The van der Waals surface area contributed by atoms with Crippen molar-refractivity contribution in [2.45, 2.75) is 25.3 Å². The molecule has 1 aromatic carbocycles. The fourth-order valence-electron chi connectivity index (χ4n) is 4.37. The number of carbonyl (C=O) groups is 1. The number of methoxy groups -OCH3 is 2. The Balaban J connectivity index is 1.49. The molecule has 2 aliphatic rings. The number of carbonyl (C=O) groups excluding carboxylic acids is 1. The maximum atomic E-state index is 12.7. The van der Waals surface area contributed by atoms with Crippen LogP contribution in [-0.2, 0) is 4.79 Å². The van der Waals surface area contributed by atoms with Gasteiger partial charge in [-0.25, -0.2) is 4.98 Å². The summed E-state index contributed by atoms with van der Waals surface area (Å²) in [5.41, 5.74) is 7.98. The van der Waals surface area contributed by atoms with Crippen LogP contribution in [0.25, 0.3) is 11.3 Å². The van der Waals surface area contributed by atoms with Gasteiger partial charge < -0.3 is 20.5 Å². The molecule has 2 fully saturated rings. The number of nitrogens with zero attached hydrogens (tertiary/aromatic N) is 1. The summed E-state index contributed by atoms with van der Waals surface area (Å²) in [5, 5.41) is 5.51. The summed E-state index contributed by atoms with van der Waals surface area (Å²) in [4.78, 5) is 17.2. The molecule has 4 rings (SSSR count). The zero-order valence-electron chi connectivity index (χ0n) is 14.9. The molecule has 1 amide bonds. The number of thiazole rings is 1. The van der Waals surface area contributed by atoms with Gasteiger partial charge in [-0.1, -0.05) is 0 Å². The van der Waals surface area contributed by atoms with Crippen molar-refractivity contribution in [2.75, 3.05) is 19.5 Å². The van der Waals surface area contributed by atoms with Crippen LogP contribution in [0.2, 0.25) is 0 Å². The molecule has 1 aromatic heterocycles. The Morgan fingerprint density at radius 2 is 2.00 bits per heavy atom. The van der Waals surface area contributed by atoms with E-state index in [9.17, 15) is 4.79 Å². The molecule has 4 atom stereocenters. The lowest BCUT2D eigenvalue weighted by molar-refractivity contribution is -0.121. The van der Waals surface area contributed by atoms with Crippen molar-refractivity contribution in [3.8, 4) is 22.8 Å². The first kappa shape index (κ1) is 17.3. The number of benzene rings is 1. The van der Waals surface area contributed by atoms with Crippen LogP contribution in [0, 0.1) is 17.8 Å². The normalized spacial score (nSPS) is 26.7. The van der Waals surface area contributed by atoms with Crippen molar-refractivity contribution in [3.63, 3.8) is 0 Å². The highest BCUT2D eigenvalue weighted by molar-refractivity contribution is 7.14. The lowest BCUT2D eigenvalue weighted by atomic mass is 9.84. The summed E-state index contributed by atoms with van der Waals surface area (Å²) in [7, 11) is 3.21. The largest absolute Gasteiger partial charge is 0.493 e. The van der Waals surface area contributed by atoms with Gasteiger partial charge in [0.1, 0.15) is 0 Å². The number of fused-ring (bicyclic) bond motifs is 2. The second kappa shape index (κ2) is 6.89. The third-order valence-electron chi connectivity index (χ3n) is 5.70. The van der Waals surface area contributed by atoms with Gasteiger partial charge in [-0.15, -0.1) is 11.3 Å². The fraction of sp³-hybridized carbons (Fsp3) is 0.474. The molecule has 0 aliphatic heterocycles. The first-order valence-electron chi connectivity index (χ1n) is 8.85. The Hall–Kier alpha value is -2.12. The van der Waals surface area contributed by atoms with Gasteiger partial charge in [-0.3, -0.25) is 4.79 Å². The molecule has 26 heavy (non-hydrogen) atoms. The third-order valence-corrected chi connectivity index (χ3v) is 6.45. The molecule has 0 radical (unpaired) electrons. The summed E-state index contributed by atoms with van der Waals surface area (Å²) in [5.74, 6) is 2.19. The van der Waals surface area contributed by atoms with Crippen molar-refractivity contribution in [3.05, 3.63) is 23.6 Å². The summed E-state index contributed by atoms with van der Waals surface area (Å²) in [6.45, 7) is 0. The molecule has 138 valence electrons. The van der Waals surface area contributed by atoms with Crippen LogP contribution < -0.4 is 20.5 Å². The maximum Gasteiger partial charge on any atom is 0.231 e. The smallest absolute Gasteiger partial charge is 0.231 e. The number of anilines is 1. The molecule has 1 heterocycles. The topological polar surface area (TPSA) is 86.5 Å². The van der Waals surface area contributed by atoms with E-state index in [1.807, 2.05) is 23.6 Å². The highest BCUT2D eigenvalue weighted by atomic mass is 32.1. The van der Waals surface area contributed by atoms with Crippen LogP contribution in [0.5, 0.6) is 11.5 Å². The number of nitrogens with one attached hydrogen (secondary N) is 1. The van der Waals surface area contributed by atoms with E-state index in [2.05, 4.69) is 10.3 Å². The highest BCUT2D eigenvalue weighted by Crippen LogP contribution is 2.48. The number of ether oxygens (including phenoxy) is 2. The van der Waals surface area contributed by atoms with Crippen molar-refractivity contribution in [1.29, 1.82) is 0 Å². The minimum Gasteiger partial charge on any atom is -0.493 e. The fourth-order valence-corrected chi connectivity index (χ4v) is 5.10. The Bertz CT molecular complexity index is 820. The summed E-state index contributed by atoms with van der Waals surface area (Å²) in [6, 6.07) is 5.64. The van der Waals surface area contributed by atoms with E-state index in [4.69, 9.17) is 15.2 Å². The van der Waals surface area contributed by atoms with Crippen LogP contribution in [-0.4, -0.2) is 31.2 Å². The average Bonchev–Trinajstić information content (AvgIpc) is 3.37. The lowest BCUT2D eigenvalue weighted by Gasteiger charge is -2.26. The van der Waals surface area contributed by atoms with Crippen LogP contribution in [0.3, 0.4) is 0 Å². The second-order valence-electron chi connectivity index (χ2n) is 7.03. The number of aromatic nitrogens is 1. The van der Waals surface area contributed by atoms with Gasteiger partial charge in [0.2, 0.25) is 5.91 Å². The molecule has 4 unspecified atom stereocenters. The molecule has 2 saturated carbocycles. The maximum absolute atomic E-state index is 12.7. The Labute approximate surface area is 156 Å². The van der Waals surface area contributed by atoms with Gasteiger partial charge in [-0.05, 0) is 49.3 Å². The van der Waals surface area contributed by atoms with Gasteiger partial charge in [-0.2, -0.15) is 0 Å². The lowest BCUT2D eigenvalue weighted by Crippen LogP contribution is -2.42. The molecule has 2 aliphatic carbocycles. The predicted molar refractivity (Wildman–Crippen MR) is 102 cm³/mol. The average molecular weight is 373 g/mol. The third kappa shape index (κ3) is 2.95. The standard InChI is InChI=1S/C19H23N3O3S/c1-24-14-6-5-10(8-15(14)25-2)13-9-26-19(21-13)22-18(23)16-11-3-4-12(7-11)17(16)20/h5-6,8-9,11-12,16-17H,3-4,7,20H2,1-2H3,(H,21,22,23). The van der Waals surface area contributed by atoms with E-state index < -0.39 is 0 Å². The minimum atomic E-state index is -0.0813. The van der Waals surface area contributed by atoms with Crippen LogP contribution >= 0.6 is 11.3 Å².